The predicted octanol–water partition coefficient (Wildman–Crippen LogP) is -0.0939. The van der Waals surface area contributed by atoms with E-state index in [9.17, 15) is 0 Å². The summed E-state index contributed by atoms with van der Waals surface area (Å²) in [6.07, 6.45) is 2.87. The lowest BCUT2D eigenvalue weighted by Crippen LogP contribution is -2.15. The first-order chi connectivity index (χ1) is 9.14. The SMILES string of the molecule is CCOCC.OCC(O)CO.OCCCCCCO. The number of aliphatic hydroxyl groups excluding tert-OH is 5. The van der Waals surface area contributed by atoms with Crippen LogP contribution in [0.2, 0.25) is 0 Å². The first-order valence-electron chi connectivity index (χ1n) is 6.83. The minimum atomic E-state index is -0.954. The van der Waals surface area contributed by atoms with Crippen LogP contribution in [-0.2, 0) is 4.74 Å². The Morgan fingerprint density at radius 2 is 1.11 bits per heavy atom. The second-order valence-electron chi connectivity index (χ2n) is 3.66. The van der Waals surface area contributed by atoms with Crippen LogP contribution in [0.15, 0.2) is 0 Å². The smallest absolute Gasteiger partial charge is 0.100 e. The third kappa shape index (κ3) is 38.1. The van der Waals surface area contributed by atoms with Crippen molar-refractivity contribution in [2.75, 3.05) is 39.6 Å². The summed E-state index contributed by atoms with van der Waals surface area (Å²) >= 11 is 0. The van der Waals surface area contributed by atoms with Gasteiger partial charge in [-0.05, 0) is 26.7 Å². The minimum absolute atomic E-state index is 0.283. The number of ether oxygens (including phenoxy) is 1. The molecule has 0 aromatic rings. The van der Waals surface area contributed by atoms with Crippen LogP contribution in [0.3, 0.4) is 0 Å². The molecular weight excluding hydrogens is 252 g/mol. The first-order valence-corrected chi connectivity index (χ1v) is 6.83. The van der Waals surface area contributed by atoms with E-state index in [1.165, 1.54) is 0 Å². The van der Waals surface area contributed by atoms with Crippen molar-refractivity contribution in [3.63, 3.8) is 0 Å². The zero-order valence-corrected chi connectivity index (χ0v) is 12.3. The normalized spacial score (nSPS) is 9.47. The third-order valence-electron chi connectivity index (χ3n) is 1.90. The lowest BCUT2D eigenvalue weighted by molar-refractivity contribution is 0.0450. The lowest BCUT2D eigenvalue weighted by atomic mass is 10.2. The van der Waals surface area contributed by atoms with E-state index in [1.807, 2.05) is 13.8 Å². The van der Waals surface area contributed by atoms with Gasteiger partial charge in [0.25, 0.3) is 0 Å². The molecule has 0 atom stereocenters. The zero-order valence-electron chi connectivity index (χ0n) is 12.3. The van der Waals surface area contributed by atoms with Gasteiger partial charge in [0.1, 0.15) is 6.10 Å². The van der Waals surface area contributed by atoms with Crippen LogP contribution in [-0.4, -0.2) is 71.3 Å². The van der Waals surface area contributed by atoms with Crippen molar-refractivity contribution in [2.45, 2.75) is 45.6 Å². The van der Waals surface area contributed by atoms with Crippen LogP contribution in [0.25, 0.3) is 0 Å². The largest absolute Gasteiger partial charge is 0.396 e. The molecule has 0 saturated carbocycles. The lowest BCUT2D eigenvalue weighted by Gasteiger charge is -1.96. The van der Waals surface area contributed by atoms with Crippen LogP contribution < -0.4 is 0 Å². The van der Waals surface area contributed by atoms with Gasteiger partial charge in [0.2, 0.25) is 0 Å². The van der Waals surface area contributed by atoms with Gasteiger partial charge < -0.3 is 30.3 Å². The van der Waals surface area contributed by atoms with Gasteiger partial charge in [-0.25, -0.2) is 0 Å². The molecule has 6 heteroatoms. The van der Waals surface area contributed by atoms with E-state index in [-0.39, 0.29) is 26.4 Å². The fourth-order valence-corrected chi connectivity index (χ4v) is 0.839. The van der Waals surface area contributed by atoms with Gasteiger partial charge in [0, 0.05) is 26.4 Å². The molecule has 6 nitrogen and oxygen atoms in total. The van der Waals surface area contributed by atoms with Crippen molar-refractivity contribution in [2.24, 2.45) is 0 Å². The molecule has 0 radical (unpaired) electrons. The van der Waals surface area contributed by atoms with Gasteiger partial charge >= 0.3 is 0 Å². The highest BCUT2D eigenvalue weighted by atomic mass is 16.5. The molecule has 0 rings (SSSR count). The van der Waals surface area contributed by atoms with E-state index in [0.29, 0.717) is 0 Å². The molecule has 5 N–H and O–H groups in total. The molecule has 0 bridgehead atoms. The summed E-state index contributed by atoms with van der Waals surface area (Å²) in [6, 6.07) is 0. The summed E-state index contributed by atoms with van der Waals surface area (Å²) in [5.41, 5.74) is 0. The summed E-state index contributed by atoms with van der Waals surface area (Å²) < 4.78 is 4.83. The molecule has 120 valence electrons. The number of aliphatic hydroxyl groups is 5. The molecule has 0 aromatic heterocycles. The standard InChI is InChI=1S/C6H14O2.C4H10O.C3H8O3/c7-5-3-1-2-4-6-8;1-3-5-4-2;4-1-3(6)2-5/h7-8H,1-6H2;3-4H2,1-2H3;3-6H,1-2H2. The van der Waals surface area contributed by atoms with E-state index < -0.39 is 6.10 Å². The molecule has 0 aliphatic heterocycles. The van der Waals surface area contributed by atoms with Gasteiger partial charge in [0.05, 0.1) is 13.2 Å². The Bertz CT molecular complexity index is 112. The van der Waals surface area contributed by atoms with Crippen molar-refractivity contribution in [3.05, 3.63) is 0 Å². The molecule has 0 heterocycles. The molecule has 0 unspecified atom stereocenters. The maximum Gasteiger partial charge on any atom is 0.100 e. The summed E-state index contributed by atoms with van der Waals surface area (Å²) in [5, 5.41) is 40.6. The van der Waals surface area contributed by atoms with E-state index in [2.05, 4.69) is 0 Å². The number of unbranched alkanes of at least 4 members (excludes halogenated alkanes) is 3. The molecule has 0 aliphatic rings. The maximum absolute atomic E-state index is 8.30. The van der Waals surface area contributed by atoms with E-state index in [0.717, 1.165) is 38.9 Å². The Labute approximate surface area is 116 Å². The minimum Gasteiger partial charge on any atom is -0.396 e. The fourth-order valence-electron chi connectivity index (χ4n) is 0.839. The molecule has 19 heavy (non-hydrogen) atoms. The second kappa shape index (κ2) is 26.3. The third-order valence-corrected chi connectivity index (χ3v) is 1.90. The summed E-state index contributed by atoms with van der Waals surface area (Å²) in [4.78, 5) is 0. The van der Waals surface area contributed by atoms with Crippen LogP contribution in [0, 0.1) is 0 Å². The Morgan fingerprint density at radius 1 is 0.737 bits per heavy atom. The Balaban J connectivity index is -0.000000209. The Hall–Kier alpha value is -0.240. The summed E-state index contributed by atoms with van der Waals surface area (Å²) in [5.74, 6) is 0. The number of rotatable bonds is 9. The Kier molecular flexibility index (Phi) is 33.0. The van der Waals surface area contributed by atoms with Gasteiger partial charge in [-0.15, -0.1) is 0 Å². The molecule has 0 aromatic carbocycles. The molecule has 0 saturated heterocycles. The van der Waals surface area contributed by atoms with E-state index in [1.54, 1.807) is 0 Å². The molecular formula is C13H32O6. The van der Waals surface area contributed by atoms with Crippen molar-refractivity contribution < 1.29 is 30.3 Å². The van der Waals surface area contributed by atoms with Crippen molar-refractivity contribution in [3.8, 4) is 0 Å². The fraction of sp³-hybridized carbons (Fsp3) is 1.00. The highest BCUT2D eigenvalue weighted by Crippen LogP contribution is 1.96. The van der Waals surface area contributed by atoms with Gasteiger partial charge in [-0.1, -0.05) is 12.8 Å². The quantitative estimate of drug-likeness (QED) is 0.378. The average molecular weight is 284 g/mol. The highest BCUT2D eigenvalue weighted by molar-refractivity contribution is 4.44. The van der Waals surface area contributed by atoms with Crippen LogP contribution in [0.1, 0.15) is 39.5 Å². The first kappa shape index (κ1) is 23.8. The monoisotopic (exact) mass is 284 g/mol. The van der Waals surface area contributed by atoms with E-state index >= 15 is 0 Å². The highest BCUT2D eigenvalue weighted by Gasteiger charge is 1.93. The zero-order chi connectivity index (χ0) is 15.4. The summed E-state index contributed by atoms with van der Waals surface area (Å²) in [7, 11) is 0. The van der Waals surface area contributed by atoms with E-state index in [4.69, 9.17) is 30.3 Å². The van der Waals surface area contributed by atoms with Crippen LogP contribution >= 0.6 is 0 Å². The van der Waals surface area contributed by atoms with Gasteiger partial charge in [-0.3, -0.25) is 0 Å². The maximum atomic E-state index is 8.30. The van der Waals surface area contributed by atoms with Crippen molar-refractivity contribution in [1.82, 2.24) is 0 Å². The molecule has 0 fully saturated rings. The Morgan fingerprint density at radius 3 is 1.21 bits per heavy atom. The van der Waals surface area contributed by atoms with Gasteiger partial charge in [-0.2, -0.15) is 0 Å². The average Bonchev–Trinajstić information content (AvgIpc) is 2.45. The van der Waals surface area contributed by atoms with Gasteiger partial charge in [0.15, 0.2) is 0 Å². The number of hydrogen-bond acceptors (Lipinski definition) is 6. The molecule has 0 aliphatic carbocycles. The molecule has 0 spiro atoms. The van der Waals surface area contributed by atoms with Crippen LogP contribution in [0.4, 0.5) is 0 Å². The van der Waals surface area contributed by atoms with Crippen LogP contribution in [0.5, 0.6) is 0 Å². The predicted molar refractivity (Wildman–Crippen MR) is 75.0 cm³/mol. The number of hydrogen-bond donors (Lipinski definition) is 5. The van der Waals surface area contributed by atoms with Crippen molar-refractivity contribution in [1.29, 1.82) is 0 Å². The second-order valence-corrected chi connectivity index (χ2v) is 3.66. The summed E-state index contributed by atoms with van der Waals surface area (Å²) in [6.45, 7) is 5.50. The topological polar surface area (TPSA) is 110 Å². The molecule has 0 amide bonds. The van der Waals surface area contributed by atoms with Crippen molar-refractivity contribution >= 4 is 0 Å².